The van der Waals surface area contributed by atoms with Gasteiger partial charge in [-0.2, -0.15) is 0 Å². The number of nitrogens with zero attached hydrogens (tertiary/aromatic N) is 1. The first kappa shape index (κ1) is 14.6. The molecule has 0 aliphatic rings. The topological polar surface area (TPSA) is 70.6 Å². The Balaban J connectivity index is 2.59. The number of benzene rings is 1. The van der Waals surface area contributed by atoms with Crippen LogP contribution >= 0.6 is 11.6 Å². The van der Waals surface area contributed by atoms with Crippen LogP contribution in [0.5, 0.6) is 0 Å². The second-order valence-corrected chi connectivity index (χ2v) is 5.08. The number of nitrogens with one attached hydrogen (secondary N) is 1. The molecule has 1 rings (SSSR count). The Bertz CT molecular complexity index is 449. The molecule has 1 aromatic carbocycles. The highest BCUT2D eigenvalue weighted by Crippen LogP contribution is 2.24. The Morgan fingerprint density at radius 2 is 2.22 bits per heavy atom. The first-order valence-electron chi connectivity index (χ1n) is 5.54. The summed E-state index contributed by atoms with van der Waals surface area (Å²) in [5.41, 5.74) is 5.66. The van der Waals surface area contributed by atoms with Crippen molar-refractivity contribution < 1.29 is 9.60 Å². The third-order valence-corrected chi connectivity index (χ3v) is 3.12. The van der Waals surface area contributed by atoms with E-state index >= 15 is 0 Å². The van der Waals surface area contributed by atoms with Gasteiger partial charge in [0.05, 0.1) is 10.7 Å². The van der Waals surface area contributed by atoms with E-state index in [0.29, 0.717) is 23.7 Å². The number of rotatable bonds is 5. The number of amidine groups is 1. The molecular weight excluding hydrogens is 257 g/mol. The maximum Gasteiger partial charge on any atom is 0.144 e. The normalized spacial score (nSPS) is 12.6. The molecule has 0 spiro atoms. The number of halogens is 2. The van der Waals surface area contributed by atoms with Crippen molar-refractivity contribution in [1.29, 1.82) is 0 Å². The highest BCUT2D eigenvalue weighted by atomic mass is 35.5. The lowest BCUT2D eigenvalue weighted by Gasteiger charge is -2.23. The van der Waals surface area contributed by atoms with Crippen molar-refractivity contribution in [2.45, 2.75) is 20.3 Å². The monoisotopic (exact) mass is 273 g/mol. The molecule has 0 aliphatic heterocycles. The molecule has 0 saturated carbocycles. The summed E-state index contributed by atoms with van der Waals surface area (Å²) in [6.45, 7) is 4.25. The SMILES string of the molecule is CC(C)(CCNc1cc(F)ccc1Cl)/C(N)=N/O. The van der Waals surface area contributed by atoms with Gasteiger partial charge in [0.2, 0.25) is 0 Å². The standard InChI is InChI=1S/C12H17ClFN3O/c1-12(2,11(15)17-18)5-6-16-10-7-8(14)3-4-9(10)13/h3-4,7,16,18H,5-6H2,1-2H3,(H2,15,17). The van der Waals surface area contributed by atoms with E-state index < -0.39 is 5.41 Å². The molecule has 0 unspecified atom stereocenters. The highest BCUT2D eigenvalue weighted by molar-refractivity contribution is 6.33. The molecule has 4 nitrogen and oxygen atoms in total. The third kappa shape index (κ3) is 3.77. The van der Waals surface area contributed by atoms with Crippen molar-refractivity contribution in [2.75, 3.05) is 11.9 Å². The molecule has 0 amide bonds. The Kier molecular flexibility index (Phi) is 4.78. The zero-order valence-corrected chi connectivity index (χ0v) is 11.1. The van der Waals surface area contributed by atoms with Crippen LogP contribution < -0.4 is 11.1 Å². The van der Waals surface area contributed by atoms with Gasteiger partial charge < -0.3 is 16.3 Å². The van der Waals surface area contributed by atoms with Gasteiger partial charge in [0.15, 0.2) is 0 Å². The van der Waals surface area contributed by atoms with E-state index in [1.807, 2.05) is 13.8 Å². The molecule has 0 aromatic heterocycles. The molecule has 1 aromatic rings. The second kappa shape index (κ2) is 5.91. The average Bonchev–Trinajstić information content (AvgIpc) is 2.32. The lowest BCUT2D eigenvalue weighted by molar-refractivity contribution is 0.306. The summed E-state index contributed by atoms with van der Waals surface area (Å²) in [4.78, 5) is 0. The summed E-state index contributed by atoms with van der Waals surface area (Å²) in [5.74, 6) is -0.188. The number of hydrogen-bond donors (Lipinski definition) is 3. The van der Waals surface area contributed by atoms with Gasteiger partial charge in [0.1, 0.15) is 11.7 Å². The molecule has 0 heterocycles. The summed E-state index contributed by atoms with van der Waals surface area (Å²) in [6, 6.07) is 4.13. The summed E-state index contributed by atoms with van der Waals surface area (Å²) >= 11 is 5.92. The predicted octanol–water partition coefficient (Wildman–Crippen LogP) is 3.05. The Labute approximate surface area is 111 Å². The second-order valence-electron chi connectivity index (χ2n) is 4.67. The maximum absolute atomic E-state index is 13.0. The molecule has 0 saturated heterocycles. The van der Waals surface area contributed by atoms with E-state index in [1.54, 1.807) is 0 Å². The molecule has 0 aliphatic carbocycles. The molecule has 18 heavy (non-hydrogen) atoms. The summed E-state index contributed by atoms with van der Waals surface area (Å²) in [5, 5.41) is 15.1. The van der Waals surface area contributed by atoms with Crippen LogP contribution in [0.25, 0.3) is 0 Å². The number of oxime groups is 1. The zero-order valence-electron chi connectivity index (χ0n) is 10.4. The lowest BCUT2D eigenvalue weighted by atomic mass is 9.88. The molecule has 0 fully saturated rings. The Hall–Kier alpha value is -1.49. The Morgan fingerprint density at radius 1 is 1.56 bits per heavy atom. The molecule has 6 heteroatoms. The number of anilines is 1. The Morgan fingerprint density at radius 3 is 2.83 bits per heavy atom. The summed E-state index contributed by atoms with van der Waals surface area (Å²) in [7, 11) is 0. The zero-order chi connectivity index (χ0) is 13.8. The summed E-state index contributed by atoms with van der Waals surface area (Å²) in [6.07, 6.45) is 0.621. The molecule has 4 N–H and O–H groups in total. The highest BCUT2D eigenvalue weighted by Gasteiger charge is 2.23. The fourth-order valence-electron chi connectivity index (χ4n) is 1.41. The maximum atomic E-state index is 13.0. The van der Waals surface area contributed by atoms with Gasteiger partial charge in [0.25, 0.3) is 0 Å². The first-order valence-corrected chi connectivity index (χ1v) is 5.91. The smallest absolute Gasteiger partial charge is 0.144 e. The van der Waals surface area contributed by atoms with E-state index in [-0.39, 0.29) is 11.7 Å². The predicted molar refractivity (Wildman–Crippen MR) is 71.7 cm³/mol. The van der Waals surface area contributed by atoms with Gasteiger partial charge in [0, 0.05) is 12.0 Å². The first-order chi connectivity index (χ1) is 8.36. The van der Waals surface area contributed by atoms with Gasteiger partial charge in [-0.05, 0) is 24.6 Å². The minimum absolute atomic E-state index is 0.162. The molecular formula is C12H17ClFN3O. The van der Waals surface area contributed by atoms with Gasteiger partial charge in [-0.3, -0.25) is 0 Å². The van der Waals surface area contributed by atoms with Crippen molar-refractivity contribution in [3.63, 3.8) is 0 Å². The van der Waals surface area contributed by atoms with Crippen molar-refractivity contribution in [1.82, 2.24) is 0 Å². The molecule has 0 bridgehead atoms. The van der Waals surface area contributed by atoms with Crippen LogP contribution in [-0.2, 0) is 0 Å². The van der Waals surface area contributed by atoms with E-state index in [2.05, 4.69) is 10.5 Å². The van der Waals surface area contributed by atoms with E-state index in [9.17, 15) is 4.39 Å². The van der Waals surface area contributed by atoms with Crippen LogP contribution in [0.2, 0.25) is 5.02 Å². The fourth-order valence-corrected chi connectivity index (χ4v) is 1.59. The minimum Gasteiger partial charge on any atom is -0.409 e. The van der Waals surface area contributed by atoms with Gasteiger partial charge in [-0.15, -0.1) is 0 Å². The number of hydrogen-bond acceptors (Lipinski definition) is 3. The van der Waals surface area contributed by atoms with E-state index in [4.69, 9.17) is 22.5 Å². The van der Waals surface area contributed by atoms with Gasteiger partial charge in [-0.25, -0.2) is 4.39 Å². The van der Waals surface area contributed by atoms with Crippen molar-refractivity contribution in [3.8, 4) is 0 Å². The van der Waals surface area contributed by atoms with Crippen LogP contribution in [0.4, 0.5) is 10.1 Å². The van der Waals surface area contributed by atoms with E-state index in [0.717, 1.165) is 0 Å². The minimum atomic E-state index is -0.443. The quantitative estimate of drug-likeness (QED) is 0.334. The van der Waals surface area contributed by atoms with Crippen LogP contribution in [0, 0.1) is 11.2 Å². The number of nitrogens with two attached hydrogens (primary N) is 1. The molecule has 100 valence electrons. The van der Waals surface area contributed by atoms with Crippen LogP contribution in [0.1, 0.15) is 20.3 Å². The third-order valence-electron chi connectivity index (χ3n) is 2.79. The van der Waals surface area contributed by atoms with Crippen molar-refractivity contribution in [3.05, 3.63) is 29.0 Å². The average molecular weight is 274 g/mol. The van der Waals surface area contributed by atoms with Crippen LogP contribution in [-0.4, -0.2) is 17.6 Å². The van der Waals surface area contributed by atoms with Crippen LogP contribution in [0.3, 0.4) is 0 Å². The van der Waals surface area contributed by atoms with Gasteiger partial charge >= 0.3 is 0 Å². The lowest BCUT2D eigenvalue weighted by Crippen LogP contribution is -2.33. The van der Waals surface area contributed by atoms with Crippen LogP contribution in [0.15, 0.2) is 23.4 Å². The van der Waals surface area contributed by atoms with Crippen molar-refractivity contribution in [2.24, 2.45) is 16.3 Å². The molecule has 0 radical (unpaired) electrons. The largest absolute Gasteiger partial charge is 0.409 e. The van der Waals surface area contributed by atoms with Crippen molar-refractivity contribution >= 4 is 23.1 Å². The van der Waals surface area contributed by atoms with Gasteiger partial charge in [-0.1, -0.05) is 30.6 Å². The summed E-state index contributed by atoms with van der Waals surface area (Å²) < 4.78 is 13.0. The molecule has 0 atom stereocenters. The van der Waals surface area contributed by atoms with E-state index in [1.165, 1.54) is 18.2 Å². The fraction of sp³-hybridized carbons (Fsp3) is 0.417.